The molecular formula is C12H16N2O5. The summed E-state index contributed by atoms with van der Waals surface area (Å²) in [6.07, 6.45) is 2.85. The predicted octanol–water partition coefficient (Wildman–Crippen LogP) is 1.11. The van der Waals surface area contributed by atoms with Crippen molar-refractivity contribution in [1.29, 1.82) is 0 Å². The number of carbonyl (C=O) groups excluding carboxylic acids is 2. The van der Waals surface area contributed by atoms with Gasteiger partial charge in [0.25, 0.3) is 0 Å². The second-order valence-electron chi connectivity index (χ2n) is 4.27. The molecule has 19 heavy (non-hydrogen) atoms. The molecule has 1 heterocycles. The molecule has 1 atom stereocenters. The Hall–Kier alpha value is -2.31. The van der Waals surface area contributed by atoms with Gasteiger partial charge in [-0.2, -0.15) is 0 Å². The molecule has 1 unspecified atom stereocenters. The Bertz CT molecular complexity index is 441. The summed E-state index contributed by atoms with van der Waals surface area (Å²) in [6.45, 7) is 1.89. The topological polar surface area (TPSA) is 109 Å². The molecule has 0 saturated heterocycles. The lowest BCUT2D eigenvalue weighted by Crippen LogP contribution is -2.39. The maximum atomic E-state index is 11.4. The number of hydrogen-bond donors (Lipinski definition) is 3. The standard InChI is InChI=1S/C12H16N2O5/c1-8(5-11(16)17)4-10(15)14-12(18)13-6-9-2-3-19-7-9/h2-3,7-8H,4-6H2,1H3,(H,16,17)(H2,13,14,15,18). The SMILES string of the molecule is CC(CC(=O)O)CC(=O)NC(=O)NCc1ccoc1. The van der Waals surface area contributed by atoms with Crippen LogP contribution in [0.1, 0.15) is 25.3 Å². The van der Waals surface area contributed by atoms with Crippen LogP contribution in [0.15, 0.2) is 23.0 Å². The Labute approximate surface area is 110 Å². The number of amides is 3. The second-order valence-corrected chi connectivity index (χ2v) is 4.27. The van der Waals surface area contributed by atoms with Crippen molar-refractivity contribution < 1.29 is 23.9 Å². The minimum absolute atomic E-state index is 0.00850. The monoisotopic (exact) mass is 268 g/mol. The van der Waals surface area contributed by atoms with Crippen molar-refractivity contribution in [3.8, 4) is 0 Å². The Morgan fingerprint density at radius 1 is 1.37 bits per heavy atom. The maximum Gasteiger partial charge on any atom is 0.321 e. The van der Waals surface area contributed by atoms with Crippen LogP contribution < -0.4 is 10.6 Å². The summed E-state index contributed by atoms with van der Waals surface area (Å²) >= 11 is 0. The summed E-state index contributed by atoms with van der Waals surface area (Å²) < 4.78 is 4.82. The zero-order chi connectivity index (χ0) is 14.3. The van der Waals surface area contributed by atoms with Crippen LogP contribution in [0, 0.1) is 5.92 Å². The van der Waals surface area contributed by atoms with Gasteiger partial charge in [-0.15, -0.1) is 0 Å². The lowest BCUT2D eigenvalue weighted by atomic mass is 10.0. The minimum Gasteiger partial charge on any atom is -0.481 e. The van der Waals surface area contributed by atoms with Crippen LogP contribution in [0.5, 0.6) is 0 Å². The number of imide groups is 1. The number of carbonyl (C=O) groups is 3. The molecule has 0 aliphatic heterocycles. The molecule has 7 heteroatoms. The van der Waals surface area contributed by atoms with E-state index in [2.05, 4.69) is 10.6 Å². The number of nitrogens with one attached hydrogen (secondary N) is 2. The fourth-order valence-electron chi connectivity index (χ4n) is 1.48. The van der Waals surface area contributed by atoms with E-state index in [1.165, 1.54) is 12.5 Å². The molecule has 1 aromatic heterocycles. The summed E-state index contributed by atoms with van der Waals surface area (Å²) in [6, 6.07) is 1.07. The molecule has 104 valence electrons. The number of hydrogen-bond acceptors (Lipinski definition) is 4. The first-order chi connectivity index (χ1) is 8.97. The fraction of sp³-hybridized carbons (Fsp3) is 0.417. The van der Waals surface area contributed by atoms with Gasteiger partial charge in [0.15, 0.2) is 0 Å². The van der Waals surface area contributed by atoms with E-state index in [0.717, 1.165) is 5.56 Å². The molecule has 3 amide bonds. The van der Waals surface area contributed by atoms with Crippen LogP contribution in [0.25, 0.3) is 0 Å². The Kier molecular flexibility index (Phi) is 5.59. The lowest BCUT2D eigenvalue weighted by molar-refractivity contribution is -0.138. The third kappa shape index (κ3) is 6.25. The van der Waals surface area contributed by atoms with E-state index >= 15 is 0 Å². The quantitative estimate of drug-likeness (QED) is 0.716. The molecule has 0 aliphatic rings. The average molecular weight is 268 g/mol. The molecule has 0 radical (unpaired) electrons. The van der Waals surface area contributed by atoms with E-state index in [1.807, 2.05) is 0 Å². The molecule has 1 rings (SSSR count). The molecule has 0 saturated carbocycles. The van der Waals surface area contributed by atoms with Crippen molar-refractivity contribution in [2.75, 3.05) is 0 Å². The van der Waals surface area contributed by atoms with Crippen molar-refractivity contribution >= 4 is 17.9 Å². The number of rotatable bonds is 6. The van der Waals surface area contributed by atoms with Gasteiger partial charge in [0, 0.05) is 24.9 Å². The zero-order valence-corrected chi connectivity index (χ0v) is 10.5. The van der Waals surface area contributed by atoms with Crippen LogP contribution in [-0.2, 0) is 16.1 Å². The molecule has 3 N–H and O–H groups in total. The summed E-state index contributed by atoms with van der Waals surface area (Å²) in [7, 11) is 0. The Morgan fingerprint density at radius 2 is 2.11 bits per heavy atom. The molecule has 0 aliphatic carbocycles. The molecule has 0 fully saturated rings. The van der Waals surface area contributed by atoms with Gasteiger partial charge >= 0.3 is 12.0 Å². The Morgan fingerprint density at radius 3 is 2.68 bits per heavy atom. The molecule has 0 bridgehead atoms. The predicted molar refractivity (Wildman–Crippen MR) is 65.1 cm³/mol. The van der Waals surface area contributed by atoms with Crippen molar-refractivity contribution in [3.63, 3.8) is 0 Å². The number of carboxylic acids is 1. The van der Waals surface area contributed by atoms with Crippen LogP contribution in [0.3, 0.4) is 0 Å². The van der Waals surface area contributed by atoms with Crippen LogP contribution in [-0.4, -0.2) is 23.0 Å². The first kappa shape index (κ1) is 14.7. The van der Waals surface area contributed by atoms with Crippen molar-refractivity contribution in [2.24, 2.45) is 5.92 Å². The summed E-state index contributed by atoms with van der Waals surface area (Å²) in [5, 5.41) is 13.2. The van der Waals surface area contributed by atoms with Crippen LogP contribution in [0.4, 0.5) is 4.79 Å². The van der Waals surface area contributed by atoms with E-state index in [0.29, 0.717) is 0 Å². The van der Waals surface area contributed by atoms with E-state index in [9.17, 15) is 14.4 Å². The van der Waals surface area contributed by atoms with E-state index in [-0.39, 0.29) is 25.3 Å². The largest absolute Gasteiger partial charge is 0.481 e. The van der Waals surface area contributed by atoms with Gasteiger partial charge in [-0.3, -0.25) is 14.9 Å². The summed E-state index contributed by atoms with van der Waals surface area (Å²) in [5.41, 5.74) is 0.779. The first-order valence-corrected chi connectivity index (χ1v) is 5.78. The number of urea groups is 1. The maximum absolute atomic E-state index is 11.4. The first-order valence-electron chi connectivity index (χ1n) is 5.78. The highest BCUT2D eigenvalue weighted by Gasteiger charge is 2.14. The third-order valence-electron chi connectivity index (χ3n) is 2.34. The molecule has 7 nitrogen and oxygen atoms in total. The highest BCUT2D eigenvalue weighted by atomic mass is 16.4. The zero-order valence-electron chi connectivity index (χ0n) is 10.5. The second kappa shape index (κ2) is 7.20. The van der Waals surface area contributed by atoms with Gasteiger partial charge < -0.3 is 14.8 Å². The average Bonchev–Trinajstić information content (AvgIpc) is 2.77. The van der Waals surface area contributed by atoms with Crippen LogP contribution in [0.2, 0.25) is 0 Å². The minimum atomic E-state index is -0.968. The molecule has 0 aromatic carbocycles. The Balaban J connectivity index is 2.24. The van der Waals surface area contributed by atoms with E-state index in [4.69, 9.17) is 9.52 Å². The molecule has 0 spiro atoms. The molecular weight excluding hydrogens is 252 g/mol. The van der Waals surface area contributed by atoms with E-state index in [1.54, 1.807) is 13.0 Å². The van der Waals surface area contributed by atoms with Crippen molar-refractivity contribution in [2.45, 2.75) is 26.3 Å². The third-order valence-corrected chi connectivity index (χ3v) is 2.34. The van der Waals surface area contributed by atoms with Crippen LogP contribution >= 0.6 is 0 Å². The van der Waals surface area contributed by atoms with Gasteiger partial charge in [0.2, 0.25) is 5.91 Å². The van der Waals surface area contributed by atoms with Gasteiger partial charge in [0.1, 0.15) is 0 Å². The number of aliphatic carboxylic acids is 1. The van der Waals surface area contributed by atoms with Gasteiger partial charge in [-0.1, -0.05) is 6.92 Å². The van der Waals surface area contributed by atoms with Crippen molar-refractivity contribution in [3.05, 3.63) is 24.2 Å². The van der Waals surface area contributed by atoms with Gasteiger partial charge in [0.05, 0.1) is 12.5 Å². The summed E-state index contributed by atoms with van der Waals surface area (Å²) in [5.74, 6) is -1.79. The normalized spacial score (nSPS) is 11.6. The molecule has 1 aromatic rings. The number of furan rings is 1. The lowest BCUT2D eigenvalue weighted by Gasteiger charge is -2.09. The summed E-state index contributed by atoms with van der Waals surface area (Å²) in [4.78, 5) is 33.2. The smallest absolute Gasteiger partial charge is 0.321 e. The highest BCUT2D eigenvalue weighted by molar-refractivity contribution is 5.94. The van der Waals surface area contributed by atoms with Gasteiger partial charge in [-0.05, 0) is 12.0 Å². The number of carboxylic acid groups (broad SMARTS) is 1. The van der Waals surface area contributed by atoms with E-state index < -0.39 is 17.9 Å². The highest BCUT2D eigenvalue weighted by Crippen LogP contribution is 2.06. The fourth-order valence-corrected chi connectivity index (χ4v) is 1.48. The van der Waals surface area contributed by atoms with Gasteiger partial charge in [-0.25, -0.2) is 4.79 Å². The van der Waals surface area contributed by atoms with Crippen molar-refractivity contribution in [1.82, 2.24) is 10.6 Å².